The summed E-state index contributed by atoms with van der Waals surface area (Å²) >= 11 is 0. The summed E-state index contributed by atoms with van der Waals surface area (Å²) in [6.45, 7) is 10.5. The highest BCUT2D eigenvalue weighted by Gasteiger charge is 2.38. The molecule has 0 unspecified atom stereocenters. The molecule has 5 nitrogen and oxygen atoms in total. The van der Waals surface area contributed by atoms with Crippen LogP contribution in [-0.2, 0) is 19.1 Å². The maximum absolute atomic E-state index is 12.1. The van der Waals surface area contributed by atoms with Crippen LogP contribution in [0, 0.1) is 5.92 Å². The van der Waals surface area contributed by atoms with E-state index in [9.17, 15) is 14.7 Å². The minimum atomic E-state index is -1.08. The van der Waals surface area contributed by atoms with Crippen molar-refractivity contribution in [3.8, 4) is 0 Å². The zero-order chi connectivity index (χ0) is 15.9. The summed E-state index contributed by atoms with van der Waals surface area (Å²) < 4.78 is 10.2. The minimum absolute atomic E-state index is 0.0249. The van der Waals surface area contributed by atoms with Crippen molar-refractivity contribution in [1.29, 1.82) is 0 Å². The third kappa shape index (κ3) is 6.37. The minimum Gasteiger partial charge on any atom is -0.462 e. The van der Waals surface area contributed by atoms with Gasteiger partial charge in [-0.2, -0.15) is 0 Å². The van der Waals surface area contributed by atoms with Gasteiger partial charge in [-0.15, -0.1) is 0 Å². The standard InChI is InChI=1S/C15H28O5/c1-7-15(18,8-2)9-12(13(16)19-10(3)4)14(17)20-11(5)6/h10-12,18H,7-9H2,1-6H3. The van der Waals surface area contributed by atoms with Gasteiger partial charge in [0, 0.05) is 6.42 Å². The van der Waals surface area contributed by atoms with Crippen molar-refractivity contribution in [1.82, 2.24) is 0 Å². The number of carbonyl (C=O) groups excluding carboxylic acids is 2. The van der Waals surface area contributed by atoms with E-state index in [0.29, 0.717) is 12.8 Å². The Morgan fingerprint density at radius 1 is 0.950 bits per heavy atom. The molecular formula is C15H28O5. The molecule has 0 bridgehead atoms. The van der Waals surface area contributed by atoms with E-state index in [2.05, 4.69) is 0 Å². The molecule has 0 spiro atoms. The van der Waals surface area contributed by atoms with E-state index in [1.54, 1.807) is 27.7 Å². The van der Waals surface area contributed by atoms with Gasteiger partial charge in [0.25, 0.3) is 0 Å². The average molecular weight is 288 g/mol. The van der Waals surface area contributed by atoms with Crippen LogP contribution in [0.25, 0.3) is 0 Å². The average Bonchev–Trinajstić information content (AvgIpc) is 2.33. The molecule has 0 fully saturated rings. The number of rotatable bonds is 8. The number of carbonyl (C=O) groups is 2. The van der Waals surface area contributed by atoms with E-state index >= 15 is 0 Å². The zero-order valence-corrected chi connectivity index (χ0v) is 13.4. The zero-order valence-electron chi connectivity index (χ0n) is 13.4. The predicted molar refractivity (Wildman–Crippen MR) is 76.1 cm³/mol. The van der Waals surface area contributed by atoms with Gasteiger partial charge < -0.3 is 14.6 Å². The van der Waals surface area contributed by atoms with Gasteiger partial charge in [0.2, 0.25) is 0 Å². The Labute approximate surface area is 121 Å². The second-order valence-electron chi connectivity index (χ2n) is 5.66. The Bertz CT molecular complexity index is 296. The van der Waals surface area contributed by atoms with E-state index in [4.69, 9.17) is 9.47 Å². The van der Waals surface area contributed by atoms with Gasteiger partial charge in [0.05, 0.1) is 17.8 Å². The van der Waals surface area contributed by atoms with E-state index < -0.39 is 23.5 Å². The molecule has 5 heteroatoms. The molecule has 20 heavy (non-hydrogen) atoms. The van der Waals surface area contributed by atoms with Gasteiger partial charge in [-0.1, -0.05) is 13.8 Å². The SMILES string of the molecule is CCC(O)(CC)CC(C(=O)OC(C)C)C(=O)OC(C)C. The van der Waals surface area contributed by atoms with Crippen molar-refractivity contribution in [2.24, 2.45) is 5.92 Å². The van der Waals surface area contributed by atoms with Gasteiger partial charge in [0.15, 0.2) is 5.92 Å². The molecule has 0 aromatic rings. The summed E-state index contributed by atoms with van der Waals surface area (Å²) in [6, 6.07) is 0. The quantitative estimate of drug-likeness (QED) is 0.548. The largest absolute Gasteiger partial charge is 0.462 e. The van der Waals surface area contributed by atoms with Crippen molar-refractivity contribution >= 4 is 11.9 Å². The molecule has 0 aliphatic heterocycles. The Morgan fingerprint density at radius 3 is 1.55 bits per heavy atom. The van der Waals surface area contributed by atoms with E-state index in [-0.39, 0.29) is 18.6 Å². The highest BCUT2D eigenvalue weighted by molar-refractivity contribution is 5.95. The summed E-state index contributed by atoms with van der Waals surface area (Å²) in [7, 11) is 0. The van der Waals surface area contributed by atoms with Crippen LogP contribution >= 0.6 is 0 Å². The normalized spacial score (nSPS) is 12.1. The van der Waals surface area contributed by atoms with Gasteiger partial charge in [-0.3, -0.25) is 9.59 Å². The van der Waals surface area contributed by atoms with E-state index in [1.807, 2.05) is 13.8 Å². The second-order valence-corrected chi connectivity index (χ2v) is 5.66. The number of hydrogen-bond acceptors (Lipinski definition) is 5. The van der Waals surface area contributed by atoms with Crippen LogP contribution in [0.15, 0.2) is 0 Å². The summed E-state index contributed by atoms with van der Waals surface area (Å²) in [5.41, 5.74) is -1.06. The number of hydrogen-bond donors (Lipinski definition) is 1. The van der Waals surface area contributed by atoms with Crippen LogP contribution < -0.4 is 0 Å². The summed E-state index contributed by atoms with van der Waals surface area (Å²) in [6.07, 6.45) is 0.326. The fourth-order valence-corrected chi connectivity index (χ4v) is 1.81. The molecule has 0 atom stereocenters. The molecule has 0 radical (unpaired) electrons. The first-order valence-electron chi connectivity index (χ1n) is 7.28. The van der Waals surface area contributed by atoms with Crippen LogP contribution in [0.2, 0.25) is 0 Å². The van der Waals surface area contributed by atoms with Crippen molar-refractivity contribution in [2.45, 2.75) is 78.6 Å². The van der Waals surface area contributed by atoms with Crippen molar-refractivity contribution in [2.75, 3.05) is 0 Å². The lowest BCUT2D eigenvalue weighted by atomic mass is 9.86. The summed E-state index contributed by atoms with van der Waals surface area (Å²) in [5.74, 6) is -2.35. The smallest absolute Gasteiger partial charge is 0.320 e. The van der Waals surface area contributed by atoms with Crippen LogP contribution in [-0.4, -0.2) is 34.9 Å². The maximum atomic E-state index is 12.1. The van der Waals surface area contributed by atoms with E-state index in [0.717, 1.165) is 0 Å². The fraction of sp³-hybridized carbons (Fsp3) is 0.867. The Hall–Kier alpha value is -1.10. The fourth-order valence-electron chi connectivity index (χ4n) is 1.81. The maximum Gasteiger partial charge on any atom is 0.320 e. The first-order chi connectivity index (χ1) is 9.15. The monoisotopic (exact) mass is 288 g/mol. The molecule has 0 saturated carbocycles. The van der Waals surface area contributed by atoms with Crippen molar-refractivity contribution in [3.63, 3.8) is 0 Å². The van der Waals surface area contributed by atoms with Crippen LogP contribution in [0.4, 0.5) is 0 Å². The molecule has 0 aliphatic rings. The predicted octanol–water partition coefficient (Wildman–Crippen LogP) is 2.45. The third-order valence-electron chi connectivity index (χ3n) is 3.17. The number of ether oxygens (including phenoxy) is 2. The Balaban J connectivity index is 5.05. The molecule has 118 valence electrons. The summed E-state index contributed by atoms with van der Waals surface area (Å²) in [5, 5.41) is 10.3. The van der Waals surface area contributed by atoms with Gasteiger partial charge in [-0.25, -0.2) is 0 Å². The van der Waals surface area contributed by atoms with Crippen LogP contribution in [0.3, 0.4) is 0 Å². The Morgan fingerprint density at radius 2 is 1.30 bits per heavy atom. The molecule has 1 N–H and O–H groups in total. The highest BCUT2D eigenvalue weighted by atomic mass is 16.6. The molecule has 0 amide bonds. The molecule has 0 aliphatic carbocycles. The van der Waals surface area contributed by atoms with Gasteiger partial charge >= 0.3 is 11.9 Å². The van der Waals surface area contributed by atoms with Gasteiger partial charge in [0.1, 0.15) is 0 Å². The van der Waals surface area contributed by atoms with Crippen molar-refractivity contribution in [3.05, 3.63) is 0 Å². The number of esters is 2. The summed E-state index contributed by atoms with van der Waals surface area (Å²) in [4.78, 5) is 24.1. The van der Waals surface area contributed by atoms with Gasteiger partial charge in [-0.05, 0) is 40.5 Å². The Kier molecular flexibility index (Phi) is 7.79. The molecule has 0 aromatic heterocycles. The lowest BCUT2D eigenvalue weighted by molar-refractivity contribution is -0.170. The molecule has 0 saturated heterocycles. The lowest BCUT2D eigenvalue weighted by Gasteiger charge is -2.29. The number of aliphatic hydroxyl groups is 1. The first kappa shape index (κ1) is 18.9. The van der Waals surface area contributed by atoms with Crippen molar-refractivity contribution < 1.29 is 24.2 Å². The molecule has 0 heterocycles. The molecule has 0 rings (SSSR count). The lowest BCUT2D eigenvalue weighted by Crippen LogP contribution is -2.39. The van der Waals surface area contributed by atoms with Crippen LogP contribution in [0.5, 0.6) is 0 Å². The molecular weight excluding hydrogens is 260 g/mol. The van der Waals surface area contributed by atoms with Crippen LogP contribution in [0.1, 0.15) is 60.8 Å². The first-order valence-corrected chi connectivity index (χ1v) is 7.28. The van der Waals surface area contributed by atoms with E-state index in [1.165, 1.54) is 0 Å². The second kappa shape index (κ2) is 8.25. The third-order valence-corrected chi connectivity index (χ3v) is 3.17. The highest BCUT2D eigenvalue weighted by Crippen LogP contribution is 2.26. The topological polar surface area (TPSA) is 72.8 Å². The molecule has 0 aromatic carbocycles.